The zero-order chi connectivity index (χ0) is 15.7. The molecule has 2 N–H and O–H groups in total. The molecule has 0 spiro atoms. The number of carbonyl (C=O) groups is 1. The van der Waals surface area contributed by atoms with Gasteiger partial charge in [-0.3, -0.25) is 9.48 Å². The van der Waals surface area contributed by atoms with E-state index >= 15 is 0 Å². The number of aryl methyl sites for hydroxylation is 1. The van der Waals surface area contributed by atoms with E-state index in [9.17, 15) is 4.79 Å². The molecule has 0 saturated carbocycles. The van der Waals surface area contributed by atoms with Gasteiger partial charge in [0.2, 0.25) is 0 Å². The van der Waals surface area contributed by atoms with E-state index in [4.69, 9.17) is 4.74 Å². The van der Waals surface area contributed by atoms with Crippen LogP contribution in [0.2, 0.25) is 0 Å². The van der Waals surface area contributed by atoms with E-state index in [-0.39, 0.29) is 11.9 Å². The highest BCUT2D eigenvalue weighted by Crippen LogP contribution is 2.21. The van der Waals surface area contributed by atoms with E-state index in [0.29, 0.717) is 5.69 Å². The second kappa shape index (κ2) is 5.55. The molecule has 1 atom stereocenters. The van der Waals surface area contributed by atoms with Crippen LogP contribution in [0.25, 0.3) is 10.9 Å². The molecule has 1 unspecified atom stereocenters. The van der Waals surface area contributed by atoms with Crippen molar-refractivity contribution >= 4 is 16.8 Å². The van der Waals surface area contributed by atoms with Crippen molar-refractivity contribution < 1.29 is 9.53 Å². The van der Waals surface area contributed by atoms with Gasteiger partial charge in [-0.15, -0.1) is 0 Å². The summed E-state index contributed by atoms with van der Waals surface area (Å²) in [6, 6.07) is 7.39. The highest BCUT2D eigenvalue weighted by atomic mass is 16.5. The van der Waals surface area contributed by atoms with Crippen molar-refractivity contribution in [2.45, 2.75) is 13.0 Å². The smallest absolute Gasteiger partial charge is 0.268 e. The Balaban J connectivity index is 1.79. The summed E-state index contributed by atoms with van der Waals surface area (Å²) >= 11 is 0. The number of fused-ring (bicyclic) bond motifs is 1. The Morgan fingerprint density at radius 1 is 1.41 bits per heavy atom. The molecule has 0 aliphatic rings. The van der Waals surface area contributed by atoms with Gasteiger partial charge in [0.1, 0.15) is 11.4 Å². The Morgan fingerprint density at radius 3 is 2.91 bits per heavy atom. The largest absolute Gasteiger partial charge is 0.497 e. The minimum Gasteiger partial charge on any atom is -0.497 e. The Morgan fingerprint density at radius 2 is 2.23 bits per heavy atom. The molecule has 0 aliphatic carbocycles. The maximum absolute atomic E-state index is 12.4. The van der Waals surface area contributed by atoms with Crippen LogP contribution in [-0.4, -0.2) is 27.8 Å². The van der Waals surface area contributed by atoms with Gasteiger partial charge in [0.15, 0.2) is 0 Å². The number of H-pyrrole nitrogens is 1. The summed E-state index contributed by atoms with van der Waals surface area (Å²) in [5.74, 6) is 0.608. The number of aromatic nitrogens is 3. The lowest BCUT2D eigenvalue weighted by molar-refractivity contribution is 0.0935. The predicted molar refractivity (Wildman–Crippen MR) is 83.9 cm³/mol. The minimum absolute atomic E-state index is 0.109. The second-order valence-electron chi connectivity index (χ2n) is 5.28. The molecule has 2 heterocycles. The van der Waals surface area contributed by atoms with Crippen molar-refractivity contribution in [2.75, 3.05) is 7.11 Å². The van der Waals surface area contributed by atoms with Gasteiger partial charge in [0.25, 0.3) is 5.91 Å². The molecule has 114 valence electrons. The average Bonchev–Trinajstić information content (AvgIpc) is 3.12. The molecule has 3 rings (SSSR count). The van der Waals surface area contributed by atoms with E-state index < -0.39 is 0 Å². The average molecular weight is 298 g/mol. The molecule has 2 aromatic heterocycles. The van der Waals surface area contributed by atoms with Crippen molar-refractivity contribution in [1.29, 1.82) is 0 Å². The molecule has 1 aromatic carbocycles. The number of methoxy groups -OCH3 is 1. The molecule has 0 fully saturated rings. The van der Waals surface area contributed by atoms with Crippen molar-refractivity contribution in [3.05, 3.63) is 47.9 Å². The Bertz CT molecular complexity index is 819. The summed E-state index contributed by atoms with van der Waals surface area (Å²) in [5.41, 5.74) is 2.37. The number of hydrogen-bond donors (Lipinski definition) is 2. The summed E-state index contributed by atoms with van der Waals surface area (Å²) < 4.78 is 6.90. The monoisotopic (exact) mass is 298 g/mol. The molecule has 1 amide bonds. The van der Waals surface area contributed by atoms with Crippen molar-refractivity contribution in [1.82, 2.24) is 20.1 Å². The predicted octanol–water partition coefficient (Wildman–Crippen LogP) is 2.40. The number of nitrogens with zero attached hydrogens (tertiary/aromatic N) is 2. The summed E-state index contributed by atoms with van der Waals surface area (Å²) in [4.78, 5) is 15.5. The molecule has 0 bridgehead atoms. The standard InChI is InChI=1S/C16H18N4O2/c1-10(12-8-17-20(2)9-12)18-16(21)15-6-11-4-5-13(22-3)7-14(11)19-15/h4-10,19H,1-3H3,(H,18,21). The molecule has 6 nitrogen and oxygen atoms in total. The molecule has 0 aliphatic heterocycles. The van der Waals surface area contributed by atoms with Gasteiger partial charge >= 0.3 is 0 Å². The first kappa shape index (κ1) is 14.2. The van der Waals surface area contributed by atoms with Crippen LogP contribution in [0.4, 0.5) is 0 Å². The number of rotatable bonds is 4. The van der Waals surface area contributed by atoms with Gasteiger partial charge in [0.05, 0.1) is 19.3 Å². The van der Waals surface area contributed by atoms with Gasteiger partial charge in [-0.2, -0.15) is 5.10 Å². The summed E-state index contributed by atoms with van der Waals surface area (Å²) in [6.07, 6.45) is 3.64. The van der Waals surface area contributed by atoms with Crippen molar-refractivity contribution in [3.63, 3.8) is 0 Å². The maximum atomic E-state index is 12.4. The van der Waals surface area contributed by atoms with Crippen LogP contribution in [0, 0.1) is 0 Å². The number of aromatic amines is 1. The van der Waals surface area contributed by atoms with E-state index in [1.807, 2.05) is 44.4 Å². The van der Waals surface area contributed by atoms with Crippen LogP contribution in [0.15, 0.2) is 36.7 Å². The maximum Gasteiger partial charge on any atom is 0.268 e. The lowest BCUT2D eigenvalue weighted by Crippen LogP contribution is -2.26. The number of ether oxygens (including phenoxy) is 1. The van der Waals surface area contributed by atoms with Crippen LogP contribution in [0.5, 0.6) is 5.75 Å². The first-order valence-electron chi connectivity index (χ1n) is 7.03. The number of hydrogen-bond acceptors (Lipinski definition) is 3. The van der Waals surface area contributed by atoms with Crippen molar-refractivity contribution in [2.24, 2.45) is 7.05 Å². The molecular formula is C16H18N4O2. The zero-order valence-electron chi connectivity index (χ0n) is 12.8. The zero-order valence-corrected chi connectivity index (χ0v) is 12.8. The van der Waals surface area contributed by atoms with Crippen molar-refractivity contribution in [3.8, 4) is 5.75 Å². The SMILES string of the molecule is COc1ccc2cc(C(=O)NC(C)c3cnn(C)c3)[nH]c2c1. The molecule has 0 saturated heterocycles. The van der Waals surface area contributed by atoms with E-state index in [0.717, 1.165) is 22.2 Å². The fourth-order valence-electron chi connectivity index (χ4n) is 2.38. The number of carbonyl (C=O) groups excluding carboxylic acids is 1. The van der Waals surface area contributed by atoms with Crippen LogP contribution in [0.1, 0.15) is 29.0 Å². The van der Waals surface area contributed by atoms with Crippen LogP contribution >= 0.6 is 0 Å². The third-order valence-corrected chi connectivity index (χ3v) is 3.65. The normalized spacial score (nSPS) is 12.3. The summed E-state index contributed by atoms with van der Waals surface area (Å²) in [7, 11) is 3.47. The number of nitrogens with one attached hydrogen (secondary N) is 2. The Labute approximate surface area is 128 Å². The third-order valence-electron chi connectivity index (χ3n) is 3.65. The highest BCUT2D eigenvalue weighted by molar-refractivity contribution is 5.98. The topological polar surface area (TPSA) is 71.9 Å². The highest BCUT2D eigenvalue weighted by Gasteiger charge is 2.14. The van der Waals surface area contributed by atoms with Gasteiger partial charge in [-0.05, 0) is 25.1 Å². The van der Waals surface area contributed by atoms with Gasteiger partial charge in [0, 0.05) is 35.8 Å². The second-order valence-corrected chi connectivity index (χ2v) is 5.28. The lowest BCUT2D eigenvalue weighted by atomic mass is 10.2. The van der Waals surface area contributed by atoms with Crippen LogP contribution < -0.4 is 10.1 Å². The van der Waals surface area contributed by atoms with Gasteiger partial charge < -0.3 is 15.0 Å². The molecule has 22 heavy (non-hydrogen) atoms. The molecule has 6 heteroatoms. The fraction of sp³-hybridized carbons (Fsp3) is 0.250. The van der Waals surface area contributed by atoms with E-state index in [2.05, 4.69) is 15.4 Å². The molecule has 3 aromatic rings. The minimum atomic E-state index is -0.147. The Kier molecular flexibility index (Phi) is 3.58. The quantitative estimate of drug-likeness (QED) is 0.777. The number of benzene rings is 1. The number of amides is 1. The van der Waals surface area contributed by atoms with Crippen LogP contribution in [-0.2, 0) is 7.05 Å². The molecule has 0 radical (unpaired) electrons. The fourth-order valence-corrected chi connectivity index (χ4v) is 2.38. The van der Waals surface area contributed by atoms with Crippen LogP contribution in [0.3, 0.4) is 0 Å². The first-order valence-corrected chi connectivity index (χ1v) is 7.03. The first-order chi connectivity index (χ1) is 10.6. The Hall–Kier alpha value is -2.76. The van der Waals surface area contributed by atoms with E-state index in [1.54, 1.807) is 18.0 Å². The lowest BCUT2D eigenvalue weighted by Gasteiger charge is -2.10. The summed E-state index contributed by atoms with van der Waals surface area (Å²) in [6.45, 7) is 1.93. The van der Waals surface area contributed by atoms with E-state index in [1.165, 1.54) is 0 Å². The summed E-state index contributed by atoms with van der Waals surface area (Å²) in [5, 5.41) is 8.05. The van der Waals surface area contributed by atoms with Gasteiger partial charge in [-0.1, -0.05) is 0 Å². The van der Waals surface area contributed by atoms with Gasteiger partial charge in [-0.25, -0.2) is 0 Å². The molecular weight excluding hydrogens is 280 g/mol. The third kappa shape index (κ3) is 2.67.